The summed E-state index contributed by atoms with van der Waals surface area (Å²) in [6.45, 7) is 0. The molecular weight excluding hydrogens is 241 g/mol. The van der Waals surface area contributed by atoms with E-state index in [0.29, 0.717) is 0 Å². The highest BCUT2D eigenvalue weighted by molar-refractivity contribution is 6.33. The van der Waals surface area contributed by atoms with E-state index in [9.17, 15) is 0 Å². The number of benzene rings is 2. The molecule has 3 heteroatoms. The molecule has 1 aliphatic heterocycles. The van der Waals surface area contributed by atoms with Gasteiger partial charge >= 0.3 is 0 Å². The summed E-state index contributed by atoms with van der Waals surface area (Å²) >= 11 is 12.4. The number of hydrogen-bond donors (Lipinski definition) is 1. The minimum absolute atomic E-state index is 0.788. The molecule has 1 nitrogen and oxygen atoms in total. The van der Waals surface area contributed by atoms with Gasteiger partial charge in [0.25, 0.3) is 0 Å². The van der Waals surface area contributed by atoms with Crippen molar-refractivity contribution >= 4 is 34.6 Å². The van der Waals surface area contributed by atoms with Crippen LogP contribution in [0.25, 0.3) is 0 Å². The van der Waals surface area contributed by atoms with Gasteiger partial charge in [-0.2, -0.15) is 0 Å². The van der Waals surface area contributed by atoms with E-state index in [1.807, 2.05) is 36.4 Å². The topological polar surface area (TPSA) is 12.0 Å². The van der Waals surface area contributed by atoms with Gasteiger partial charge in [-0.15, -0.1) is 0 Å². The zero-order valence-electron chi connectivity index (χ0n) is 8.43. The quantitative estimate of drug-likeness (QED) is 0.612. The Hall–Kier alpha value is -1.18. The van der Waals surface area contributed by atoms with Crippen LogP contribution in [0.15, 0.2) is 36.4 Å². The Morgan fingerprint density at radius 2 is 1.31 bits per heavy atom. The van der Waals surface area contributed by atoms with Crippen LogP contribution in [0.4, 0.5) is 11.4 Å². The van der Waals surface area contributed by atoms with Gasteiger partial charge in [0.15, 0.2) is 0 Å². The Morgan fingerprint density at radius 1 is 0.812 bits per heavy atom. The molecule has 0 aromatic heterocycles. The SMILES string of the molecule is Clc1cccc2c1Cc1c(Cl)cccc1N2. The largest absolute Gasteiger partial charge is 0.355 e. The van der Waals surface area contributed by atoms with Gasteiger partial charge in [-0.1, -0.05) is 35.3 Å². The summed E-state index contributed by atoms with van der Waals surface area (Å²) in [4.78, 5) is 0. The van der Waals surface area contributed by atoms with Gasteiger partial charge in [0.2, 0.25) is 0 Å². The van der Waals surface area contributed by atoms with Gasteiger partial charge in [-0.3, -0.25) is 0 Å². The van der Waals surface area contributed by atoms with Crippen LogP contribution in [0, 0.1) is 0 Å². The molecule has 1 aliphatic rings. The molecule has 0 fully saturated rings. The molecule has 2 aromatic rings. The summed E-state index contributed by atoms with van der Waals surface area (Å²) in [6.07, 6.45) is 0.789. The second-order valence-corrected chi connectivity index (χ2v) is 4.65. The predicted octanol–water partition coefficient (Wildman–Crippen LogP) is 4.64. The molecule has 0 atom stereocenters. The summed E-state index contributed by atoms with van der Waals surface area (Å²) in [5.41, 5.74) is 4.37. The Kier molecular flexibility index (Phi) is 2.31. The van der Waals surface area contributed by atoms with Gasteiger partial charge in [-0.05, 0) is 35.4 Å². The number of anilines is 2. The molecular formula is C13H9Cl2N. The predicted molar refractivity (Wildman–Crippen MR) is 69.0 cm³/mol. The van der Waals surface area contributed by atoms with E-state index in [2.05, 4.69) is 5.32 Å². The number of halogens is 2. The Bertz CT molecular complexity index is 514. The van der Waals surface area contributed by atoms with Crippen molar-refractivity contribution in [3.05, 3.63) is 57.6 Å². The van der Waals surface area contributed by atoms with E-state index in [0.717, 1.165) is 39.0 Å². The van der Waals surface area contributed by atoms with E-state index in [1.165, 1.54) is 0 Å². The number of nitrogens with one attached hydrogen (secondary N) is 1. The maximum atomic E-state index is 6.18. The fourth-order valence-corrected chi connectivity index (χ4v) is 2.52. The average molecular weight is 250 g/mol. The third-order valence-corrected chi connectivity index (χ3v) is 3.57. The number of fused-ring (bicyclic) bond motifs is 2. The van der Waals surface area contributed by atoms with Crippen LogP contribution in [-0.4, -0.2) is 0 Å². The van der Waals surface area contributed by atoms with Crippen molar-refractivity contribution in [1.82, 2.24) is 0 Å². The molecule has 0 saturated carbocycles. The van der Waals surface area contributed by atoms with Crippen LogP contribution < -0.4 is 5.32 Å². The number of rotatable bonds is 0. The van der Waals surface area contributed by atoms with Crippen LogP contribution in [0.5, 0.6) is 0 Å². The number of hydrogen-bond acceptors (Lipinski definition) is 1. The van der Waals surface area contributed by atoms with Gasteiger partial charge in [0.05, 0.1) is 0 Å². The van der Waals surface area contributed by atoms with Crippen molar-refractivity contribution in [3.63, 3.8) is 0 Å². The van der Waals surface area contributed by atoms with Gasteiger partial charge in [-0.25, -0.2) is 0 Å². The third-order valence-electron chi connectivity index (χ3n) is 2.86. The molecule has 2 aromatic carbocycles. The molecule has 0 saturated heterocycles. The normalized spacial score (nSPS) is 12.6. The summed E-state index contributed by atoms with van der Waals surface area (Å²) in [6, 6.07) is 11.8. The first kappa shape index (κ1) is 10.0. The van der Waals surface area contributed by atoms with E-state index in [4.69, 9.17) is 23.2 Å². The average Bonchev–Trinajstić information content (AvgIpc) is 2.28. The molecule has 1 N–H and O–H groups in total. The van der Waals surface area contributed by atoms with Gasteiger partial charge in [0, 0.05) is 27.8 Å². The first-order chi connectivity index (χ1) is 7.75. The van der Waals surface area contributed by atoms with E-state index >= 15 is 0 Å². The van der Waals surface area contributed by atoms with Crippen molar-refractivity contribution in [2.24, 2.45) is 0 Å². The molecule has 0 radical (unpaired) electrons. The molecule has 0 aliphatic carbocycles. The molecule has 0 amide bonds. The first-order valence-corrected chi connectivity index (χ1v) is 5.83. The van der Waals surface area contributed by atoms with Crippen LogP contribution in [-0.2, 0) is 6.42 Å². The molecule has 1 heterocycles. The van der Waals surface area contributed by atoms with Crippen LogP contribution >= 0.6 is 23.2 Å². The fourth-order valence-electron chi connectivity index (χ4n) is 2.03. The lowest BCUT2D eigenvalue weighted by Gasteiger charge is -2.23. The lowest BCUT2D eigenvalue weighted by molar-refractivity contribution is 1.16. The Balaban J connectivity index is 2.17. The molecule has 16 heavy (non-hydrogen) atoms. The Morgan fingerprint density at radius 3 is 1.81 bits per heavy atom. The maximum Gasteiger partial charge on any atom is 0.0462 e. The molecule has 0 spiro atoms. The monoisotopic (exact) mass is 249 g/mol. The minimum atomic E-state index is 0.788. The minimum Gasteiger partial charge on any atom is -0.355 e. The molecule has 0 bridgehead atoms. The highest BCUT2D eigenvalue weighted by Crippen LogP contribution is 2.38. The van der Waals surface area contributed by atoms with E-state index in [-0.39, 0.29) is 0 Å². The summed E-state index contributed by atoms with van der Waals surface area (Å²) in [7, 11) is 0. The highest BCUT2D eigenvalue weighted by atomic mass is 35.5. The summed E-state index contributed by atoms with van der Waals surface area (Å²) in [5.74, 6) is 0. The van der Waals surface area contributed by atoms with Crippen molar-refractivity contribution in [2.45, 2.75) is 6.42 Å². The maximum absolute atomic E-state index is 6.18. The van der Waals surface area contributed by atoms with Crippen molar-refractivity contribution in [3.8, 4) is 0 Å². The van der Waals surface area contributed by atoms with E-state index in [1.54, 1.807) is 0 Å². The van der Waals surface area contributed by atoms with Gasteiger partial charge in [0.1, 0.15) is 0 Å². The zero-order valence-corrected chi connectivity index (χ0v) is 9.94. The van der Waals surface area contributed by atoms with Crippen molar-refractivity contribution < 1.29 is 0 Å². The highest BCUT2D eigenvalue weighted by Gasteiger charge is 2.18. The van der Waals surface area contributed by atoms with Crippen LogP contribution in [0.3, 0.4) is 0 Å². The standard InChI is InChI=1S/C13H9Cl2N/c14-10-3-1-5-12-8(10)7-9-11(15)4-2-6-13(9)16-12/h1-6,16H,7H2. The van der Waals surface area contributed by atoms with Crippen molar-refractivity contribution in [2.75, 3.05) is 5.32 Å². The van der Waals surface area contributed by atoms with Crippen LogP contribution in [0.2, 0.25) is 10.0 Å². The second-order valence-electron chi connectivity index (χ2n) is 3.83. The fraction of sp³-hybridized carbons (Fsp3) is 0.0769. The lowest BCUT2D eigenvalue weighted by atomic mass is 9.97. The third kappa shape index (κ3) is 1.48. The summed E-state index contributed by atoms with van der Waals surface area (Å²) < 4.78 is 0. The summed E-state index contributed by atoms with van der Waals surface area (Å²) in [5, 5.41) is 4.93. The van der Waals surface area contributed by atoms with Crippen LogP contribution in [0.1, 0.15) is 11.1 Å². The smallest absolute Gasteiger partial charge is 0.0462 e. The van der Waals surface area contributed by atoms with E-state index < -0.39 is 0 Å². The zero-order chi connectivity index (χ0) is 11.1. The molecule has 80 valence electrons. The second kappa shape index (κ2) is 3.69. The molecule has 3 rings (SSSR count). The molecule has 0 unspecified atom stereocenters. The lowest BCUT2D eigenvalue weighted by Crippen LogP contribution is -2.07. The first-order valence-electron chi connectivity index (χ1n) is 5.07. The Labute approximate surface area is 104 Å². The van der Waals surface area contributed by atoms with Crippen molar-refractivity contribution in [1.29, 1.82) is 0 Å². The van der Waals surface area contributed by atoms with Gasteiger partial charge < -0.3 is 5.32 Å².